The maximum Gasteiger partial charge on any atom is 0.341 e. The van der Waals surface area contributed by atoms with Gasteiger partial charge >= 0.3 is 5.97 Å². The number of benzene rings is 1. The van der Waals surface area contributed by atoms with Crippen molar-refractivity contribution in [3.8, 4) is 0 Å². The Balaban J connectivity index is 0.00000225. The van der Waals surface area contributed by atoms with Gasteiger partial charge in [-0.15, -0.1) is 12.4 Å². The number of pyridine rings is 1. The smallest absolute Gasteiger partial charge is 0.341 e. The highest BCUT2D eigenvalue weighted by atomic mass is 35.5. The van der Waals surface area contributed by atoms with Crippen LogP contribution in [0.3, 0.4) is 0 Å². The number of carbonyl (C=O) groups is 1. The van der Waals surface area contributed by atoms with E-state index in [9.17, 15) is 19.1 Å². The Labute approximate surface area is 150 Å². The molecular formula is C17H21ClFN3O3. The lowest BCUT2D eigenvalue weighted by Gasteiger charge is -2.30. The third-order valence-electron chi connectivity index (χ3n) is 4.30. The summed E-state index contributed by atoms with van der Waals surface area (Å²) in [6, 6.07) is 2.84. The van der Waals surface area contributed by atoms with Gasteiger partial charge in [-0.2, -0.15) is 0 Å². The van der Waals surface area contributed by atoms with Crippen LogP contribution in [0.5, 0.6) is 0 Å². The van der Waals surface area contributed by atoms with Gasteiger partial charge in [0.15, 0.2) is 0 Å². The minimum absolute atomic E-state index is 0. The molecule has 3 rings (SSSR count). The molecule has 25 heavy (non-hydrogen) atoms. The number of halogens is 2. The lowest BCUT2D eigenvalue weighted by Crippen LogP contribution is -2.43. The largest absolute Gasteiger partial charge is 0.477 e. The molecule has 1 aliphatic heterocycles. The molecule has 2 aromatic rings. The van der Waals surface area contributed by atoms with Gasteiger partial charge in [0.2, 0.25) is 5.43 Å². The third kappa shape index (κ3) is 3.62. The van der Waals surface area contributed by atoms with Crippen molar-refractivity contribution in [1.82, 2.24) is 9.88 Å². The van der Waals surface area contributed by atoms with Crippen LogP contribution in [0.2, 0.25) is 0 Å². The molecule has 8 heteroatoms. The number of nitrogens with one attached hydrogen (secondary N) is 1. The van der Waals surface area contributed by atoms with Gasteiger partial charge < -0.3 is 19.9 Å². The first kappa shape index (κ1) is 19.2. The first-order valence-electron chi connectivity index (χ1n) is 8.08. The maximum atomic E-state index is 14.6. The van der Waals surface area contributed by atoms with Crippen molar-refractivity contribution in [2.45, 2.75) is 19.9 Å². The van der Waals surface area contributed by atoms with E-state index in [1.54, 1.807) is 10.6 Å². The summed E-state index contributed by atoms with van der Waals surface area (Å²) in [6.45, 7) is 5.45. The molecule has 6 nitrogen and oxygen atoms in total. The van der Waals surface area contributed by atoms with Crippen molar-refractivity contribution >= 4 is 35.0 Å². The molecule has 0 unspecified atom stereocenters. The molecule has 0 amide bonds. The van der Waals surface area contributed by atoms with Crippen LogP contribution in [0.1, 0.15) is 23.7 Å². The second kappa shape index (κ2) is 7.84. The van der Waals surface area contributed by atoms with Crippen LogP contribution in [-0.4, -0.2) is 41.8 Å². The number of rotatable bonds is 4. The Morgan fingerprint density at radius 3 is 2.60 bits per heavy atom. The summed E-state index contributed by atoms with van der Waals surface area (Å²) in [5, 5.41) is 12.6. The number of hydrogen-bond donors (Lipinski definition) is 2. The van der Waals surface area contributed by atoms with E-state index in [-0.39, 0.29) is 23.4 Å². The molecule has 1 saturated heterocycles. The number of aromatic carboxylic acids is 1. The fourth-order valence-corrected chi connectivity index (χ4v) is 3.13. The van der Waals surface area contributed by atoms with E-state index in [1.165, 1.54) is 12.3 Å². The highest BCUT2D eigenvalue weighted by Gasteiger charge is 2.20. The first-order valence-corrected chi connectivity index (χ1v) is 8.08. The highest BCUT2D eigenvalue weighted by Crippen LogP contribution is 2.25. The molecule has 1 aromatic heterocycles. The van der Waals surface area contributed by atoms with Crippen molar-refractivity contribution in [3.05, 3.63) is 39.9 Å². The van der Waals surface area contributed by atoms with Gasteiger partial charge in [0.05, 0.1) is 11.2 Å². The predicted octanol–water partition coefficient (Wildman–Crippen LogP) is 2.08. The lowest BCUT2D eigenvalue weighted by atomic mass is 10.1. The SMILES string of the molecule is CCCn1cc(C(=O)O)c(=O)c2cc(F)c(N3CCNCC3)cc21.Cl. The van der Waals surface area contributed by atoms with E-state index in [0.717, 1.165) is 19.5 Å². The van der Waals surface area contributed by atoms with Crippen LogP contribution in [0.25, 0.3) is 10.9 Å². The second-order valence-corrected chi connectivity index (χ2v) is 5.93. The van der Waals surface area contributed by atoms with Crippen LogP contribution >= 0.6 is 12.4 Å². The van der Waals surface area contributed by atoms with Crippen LogP contribution in [0.15, 0.2) is 23.1 Å². The summed E-state index contributed by atoms with van der Waals surface area (Å²) in [6.07, 6.45) is 2.13. The fraction of sp³-hybridized carbons (Fsp3) is 0.412. The number of hydrogen-bond acceptors (Lipinski definition) is 4. The Morgan fingerprint density at radius 2 is 2.00 bits per heavy atom. The Bertz CT molecular complexity index is 847. The zero-order valence-corrected chi connectivity index (χ0v) is 14.7. The average Bonchev–Trinajstić information content (AvgIpc) is 2.57. The third-order valence-corrected chi connectivity index (χ3v) is 4.30. The normalized spacial score (nSPS) is 14.4. The van der Waals surface area contributed by atoms with Gasteiger partial charge in [-0.05, 0) is 18.6 Å². The summed E-state index contributed by atoms with van der Waals surface area (Å²) >= 11 is 0. The number of nitrogens with zero attached hydrogens (tertiary/aromatic N) is 2. The average molecular weight is 370 g/mol. The zero-order chi connectivity index (χ0) is 17.3. The number of piperazine rings is 1. The molecule has 0 bridgehead atoms. The van der Waals surface area contributed by atoms with E-state index in [2.05, 4.69) is 5.32 Å². The van der Waals surface area contributed by atoms with Crippen molar-refractivity contribution in [2.24, 2.45) is 0 Å². The highest BCUT2D eigenvalue weighted by molar-refractivity contribution is 5.93. The fourth-order valence-electron chi connectivity index (χ4n) is 3.13. The van der Waals surface area contributed by atoms with Gasteiger partial charge in [-0.25, -0.2) is 9.18 Å². The molecule has 2 N–H and O–H groups in total. The van der Waals surface area contributed by atoms with E-state index in [4.69, 9.17) is 0 Å². The molecule has 1 fully saturated rings. The van der Waals surface area contributed by atoms with Crippen LogP contribution < -0.4 is 15.6 Å². The second-order valence-electron chi connectivity index (χ2n) is 5.93. The Kier molecular flexibility index (Phi) is 6.02. The zero-order valence-electron chi connectivity index (χ0n) is 13.9. The van der Waals surface area contributed by atoms with Gasteiger partial charge in [0.25, 0.3) is 0 Å². The summed E-state index contributed by atoms with van der Waals surface area (Å²) in [4.78, 5) is 25.6. The van der Waals surface area contributed by atoms with Gasteiger partial charge in [0.1, 0.15) is 11.4 Å². The first-order chi connectivity index (χ1) is 11.5. The van der Waals surface area contributed by atoms with Gasteiger partial charge in [-0.3, -0.25) is 4.79 Å². The molecule has 0 radical (unpaired) electrons. The molecular weight excluding hydrogens is 349 g/mol. The molecule has 0 spiro atoms. The van der Waals surface area contributed by atoms with E-state index >= 15 is 0 Å². The minimum atomic E-state index is -1.29. The van der Waals surface area contributed by atoms with Crippen molar-refractivity contribution < 1.29 is 14.3 Å². The molecule has 136 valence electrons. The summed E-state index contributed by atoms with van der Waals surface area (Å²) in [5.41, 5.74) is 0.0546. The van der Waals surface area contributed by atoms with Crippen molar-refractivity contribution in [2.75, 3.05) is 31.1 Å². The van der Waals surface area contributed by atoms with Crippen LogP contribution in [0, 0.1) is 5.82 Å². The summed E-state index contributed by atoms with van der Waals surface area (Å²) in [7, 11) is 0. The summed E-state index contributed by atoms with van der Waals surface area (Å²) < 4.78 is 16.3. The Morgan fingerprint density at radius 1 is 1.32 bits per heavy atom. The number of aromatic nitrogens is 1. The van der Waals surface area contributed by atoms with Crippen LogP contribution in [0.4, 0.5) is 10.1 Å². The van der Waals surface area contributed by atoms with E-state index in [1.807, 2.05) is 11.8 Å². The number of carboxylic acids is 1. The number of fused-ring (bicyclic) bond motifs is 1. The Hall–Kier alpha value is -2.12. The molecule has 1 aromatic carbocycles. The molecule has 1 aliphatic rings. The quantitative estimate of drug-likeness (QED) is 0.863. The monoisotopic (exact) mass is 369 g/mol. The van der Waals surface area contributed by atoms with Crippen LogP contribution in [-0.2, 0) is 6.54 Å². The molecule has 0 atom stereocenters. The van der Waals surface area contributed by atoms with E-state index in [0.29, 0.717) is 30.8 Å². The minimum Gasteiger partial charge on any atom is -0.477 e. The standard InChI is InChI=1S/C17H20FN3O3.ClH/c1-2-5-21-10-12(17(23)24)16(22)11-8-13(18)15(9-14(11)21)20-6-3-19-4-7-20;/h8-10,19H,2-7H2,1H3,(H,23,24);1H. The number of anilines is 1. The molecule has 0 aliphatic carbocycles. The van der Waals surface area contributed by atoms with Crippen molar-refractivity contribution in [3.63, 3.8) is 0 Å². The molecule has 0 saturated carbocycles. The van der Waals surface area contributed by atoms with E-state index < -0.39 is 17.2 Å². The van der Waals surface area contributed by atoms with Crippen molar-refractivity contribution in [1.29, 1.82) is 0 Å². The number of carboxylic acid groups (broad SMARTS) is 1. The maximum absolute atomic E-state index is 14.6. The topological polar surface area (TPSA) is 74.6 Å². The summed E-state index contributed by atoms with van der Waals surface area (Å²) in [5.74, 6) is -1.79. The number of aryl methyl sites for hydroxylation is 1. The molecule has 2 heterocycles. The van der Waals surface area contributed by atoms with Gasteiger partial charge in [-0.1, -0.05) is 6.92 Å². The lowest BCUT2D eigenvalue weighted by molar-refractivity contribution is 0.0695. The van der Waals surface area contributed by atoms with Gasteiger partial charge in [0, 0.05) is 44.3 Å². The predicted molar refractivity (Wildman–Crippen MR) is 97.7 cm³/mol.